The van der Waals surface area contributed by atoms with Gasteiger partial charge in [-0.3, -0.25) is 0 Å². The topological polar surface area (TPSA) is 41.1 Å². The zero-order chi connectivity index (χ0) is 13.2. The number of benzene rings is 1. The Bertz CT molecular complexity index is 490. The van der Waals surface area contributed by atoms with Crippen LogP contribution in [0.15, 0.2) is 23.1 Å². The van der Waals surface area contributed by atoms with E-state index in [1.807, 2.05) is 0 Å². The fraction of sp³-hybridized carbons (Fsp3) is 0.500. The normalized spacial score (nSPS) is 21.6. The third kappa shape index (κ3) is 3.21. The van der Waals surface area contributed by atoms with Crippen LogP contribution in [-0.4, -0.2) is 18.3 Å². The van der Waals surface area contributed by atoms with E-state index in [1.54, 1.807) is 17.8 Å². The molecule has 1 unspecified atom stereocenters. The molecule has 3 nitrogen and oxygen atoms in total. The monoisotopic (exact) mass is 280 g/mol. The van der Waals surface area contributed by atoms with Gasteiger partial charge in [0.25, 0.3) is 0 Å². The molecule has 2 aliphatic rings. The lowest BCUT2D eigenvalue weighted by Gasteiger charge is -2.26. The summed E-state index contributed by atoms with van der Waals surface area (Å²) in [7, 11) is 0. The van der Waals surface area contributed by atoms with E-state index in [9.17, 15) is 9.18 Å². The summed E-state index contributed by atoms with van der Waals surface area (Å²) >= 11 is 1.72. The number of halogens is 1. The van der Waals surface area contributed by atoms with E-state index in [0.29, 0.717) is 5.92 Å². The minimum Gasteiger partial charge on any atom is -0.338 e. The van der Waals surface area contributed by atoms with E-state index in [-0.39, 0.29) is 17.9 Å². The van der Waals surface area contributed by atoms with Crippen molar-refractivity contribution in [3.8, 4) is 0 Å². The Labute approximate surface area is 116 Å². The van der Waals surface area contributed by atoms with E-state index in [0.717, 1.165) is 29.2 Å². The zero-order valence-corrected chi connectivity index (χ0v) is 11.4. The molecule has 3 rings (SSSR count). The van der Waals surface area contributed by atoms with Gasteiger partial charge in [-0.15, -0.1) is 11.8 Å². The van der Waals surface area contributed by atoms with E-state index in [1.165, 1.54) is 25.0 Å². The Kier molecular flexibility index (Phi) is 3.64. The molecule has 19 heavy (non-hydrogen) atoms. The Morgan fingerprint density at radius 3 is 3.00 bits per heavy atom. The van der Waals surface area contributed by atoms with Crippen LogP contribution < -0.4 is 10.6 Å². The summed E-state index contributed by atoms with van der Waals surface area (Å²) in [6, 6.07) is 4.59. The van der Waals surface area contributed by atoms with Crippen LogP contribution in [-0.2, 0) is 0 Å². The van der Waals surface area contributed by atoms with Crippen LogP contribution in [0.4, 0.5) is 9.18 Å². The van der Waals surface area contributed by atoms with E-state index in [2.05, 4.69) is 10.6 Å². The van der Waals surface area contributed by atoms with Crippen LogP contribution >= 0.6 is 11.8 Å². The molecular formula is C14H17FN2OS. The number of rotatable bonds is 3. The fourth-order valence-electron chi connectivity index (χ4n) is 2.28. The minimum atomic E-state index is -0.244. The highest BCUT2D eigenvalue weighted by atomic mass is 32.2. The lowest BCUT2D eigenvalue weighted by atomic mass is 10.0. The van der Waals surface area contributed by atoms with Crippen LogP contribution in [0.25, 0.3) is 0 Å². The van der Waals surface area contributed by atoms with Crippen molar-refractivity contribution in [2.75, 3.05) is 12.3 Å². The molecule has 0 radical (unpaired) electrons. The van der Waals surface area contributed by atoms with Gasteiger partial charge in [-0.2, -0.15) is 0 Å². The van der Waals surface area contributed by atoms with Gasteiger partial charge in [0.2, 0.25) is 0 Å². The van der Waals surface area contributed by atoms with Crippen LogP contribution in [0, 0.1) is 11.7 Å². The maximum atomic E-state index is 13.3. The Hall–Kier alpha value is -1.23. The highest BCUT2D eigenvalue weighted by molar-refractivity contribution is 7.99. The summed E-state index contributed by atoms with van der Waals surface area (Å²) in [5.74, 6) is 1.37. The number of carbonyl (C=O) groups is 1. The second-order valence-corrected chi connectivity index (χ2v) is 6.31. The van der Waals surface area contributed by atoms with Crippen molar-refractivity contribution >= 4 is 17.8 Å². The largest absolute Gasteiger partial charge is 0.338 e. The average Bonchev–Trinajstić information content (AvgIpc) is 3.21. The molecule has 1 aromatic carbocycles. The molecule has 1 fully saturated rings. The quantitative estimate of drug-likeness (QED) is 0.893. The van der Waals surface area contributed by atoms with Gasteiger partial charge in [0, 0.05) is 17.2 Å². The van der Waals surface area contributed by atoms with Crippen molar-refractivity contribution < 1.29 is 9.18 Å². The van der Waals surface area contributed by atoms with Gasteiger partial charge >= 0.3 is 6.03 Å². The third-order valence-corrected chi connectivity index (χ3v) is 4.69. The van der Waals surface area contributed by atoms with Crippen LogP contribution in [0.5, 0.6) is 0 Å². The van der Waals surface area contributed by atoms with Gasteiger partial charge in [0.1, 0.15) is 5.82 Å². The summed E-state index contributed by atoms with van der Waals surface area (Å²) in [5.41, 5.74) is 0.901. The van der Waals surface area contributed by atoms with Gasteiger partial charge in [-0.05, 0) is 48.9 Å². The predicted molar refractivity (Wildman–Crippen MR) is 73.7 cm³/mol. The van der Waals surface area contributed by atoms with E-state index in [4.69, 9.17) is 0 Å². The first-order valence-electron chi connectivity index (χ1n) is 6.69. The molecule has 0 bridgehead atoms. The predicted octanol–water partition coefficient (Wildman–Crippen LogP) is 3.07. The summed E-state index contributed by atoms with van der Waals surface area (Å²) in [6.07, 6.45) is 3.28. The molecule has 0 aromatic heterocycles. The van der Waals surface area contributed by atoms with E-state index < -0.39 is 0 Å². The van der Waals surface area contributed by atoms with Gasteiger partial charge in [0.05, 0.1) is 6.04 Å². The first-order chi connectivity index (χ1) is 9.22. The molecule has 1 aromatic rings. The second-order valence-electron chi connectivity index (χ2n) is 5.17. The Morgan fingerprint density at radius 1 is 1.37 bits per heavy atom. The summed E-state index contributed by atoms with van der Waals surface area (Å²) in [6.45, 7) is 0.753. The van der Waals surface area contributed by atoms with Crippen LogP contribution in [0.2, 0.25) is 0 Å². The Balaban J connectivity index is 1.64. The Morgan fingerprint density at radius 2 is 2.21 bits per heavy atom. The van der Waals surface area contributed by atoms with Crippen molar-refractivity contribution in [1.82, 2.24) is 10.6 Å². The lowest BCUT2D eigenvalue weighted by molar-refractivity contribution is 0.236. The number of hydrogen-bond donors (Lipinski definition) is 2. The third-order valence-electron chi connectivity index (χ3n) is 3.56. The van der Waals surface area contributed by atoms with Crippen molar-refractivity contribution in [1.29, 1.82) is 0 Å². The molecule has 1 atom stereocenters. The number of nitrogens with one attached hydrogen (secondary N) is 2. The maximum absolute atomic E-state index is 13.3. The van der Waals surface area contributed by atoms with Crippen molar-refractivity contribution in [3.05, 3.63) is 29.6 Å². The first kappa shape index (κ1) is 12.8. The summed E-state index contributed by atoms with van der Waals surface area (Å²) in [4.78, 5) is 12.9. The summed E-state index contributed by atoms with van der Waals surface area (Å²) in [5, 5.41) is 5.84. The minimum absolute atomic E-state index is 0.0776. The smallest absolute Gasteiger partial charge is 0.315 e. The molecule has 0 saturated heterocycles. The second kappa shape index (κ2) is 5.41. The lowest BCUT2D eigenvalue weighted by Crippen LogP contribution is -2.39. The van der Waals surface area contributed by atoms with Gasteiger partial charge in [-0.1, -0.05) is 0 Å². The maximum Gasteiger partial charge on any atom is 0.315 e. The summed E-state index contributed by atoms with van der Waals surface area (Å²) < 4.78 is 13.3. The highest BCUT2D eigenvalue weighted by Crippen LogP contribution is 2.36. The van der Waals surface area contributed by atoms with E-state index >= 15 is 0 Å². The molecule has 1 aliphatic carbocycles. The number of urea groups is 1. The molecular weight excluding hydrogens is 263 g/mol. The molecule has 1 aliphatic heterocycles. The van der Waals surface area contributed by atoms with Crippen molar-refractivity contribution in [3.63, 3.8) is 0 Å². The van der Waals surface area contributed by atoms with Gasteiger partial charge in [-0.25, -0.2) is 9.18 Å². The molecule has 2 amide bonds. The first-order valence-corrected chi connectivity index (χ1v) is 7.67. The van der Waals surface area contributed by atoms with Gasteiger partial charge < -0.3 is 10.6 Å². The van der Waals surface area contributed by atoms with Crippen molar-refractivity contribution in [2.24, 2.45) is 5.92 Å². The zero-order valence-electron chi connectivity index (χ0n) is 10.6. The highest BCUT2D eigenvalue weighted by Gasteiger charge is 2.25. The number of fused-ring (bicyclic) bond motifs is 1. The number of hydrogen-bond acceptors (Lipinski definition) is 2. The number of thioether (sulfide) groups is 1. The SMILES string of the molecule is O=C(NCC1CC1)NC1CCSc2ccc(F)cc21. The van der Waals surface area contributed by atoms with Crippen molar-refractivity contribution in [2.45, 2.75) is 30.2 Å². The average molecular weight is 280 g/mol. The standard InChI is InChI=1S/C14H17FN2OS/c15-10-3-4-13-11(7-10)12(5-6-19-13)17-14(18)16-8-9-1-2-9/h3-4,7,9,12H,1-2,5-6,8H2,(H2,16,17,18). The molecule has 0 spiro atoms. The van der Waals surface area contributed by atoms with Crippen LogP contribution in [0.3, 0.4) is 0 Å². The molecule has 102 valence electrons. The number of amides is 2. The fourth-order valence-corrected chi connectivity index (χ4v) is 3.39. The number of carbonyl (C=O) groups excluding carboxylic acids is 1. The van der Waals surface area contributed by atoms with Gasteiger partial charge in [0.15, 0.2) is 0 Å². The molecule has 5 heteroatoms. The van der Waals surface area contributed by atoms with Crippen LogP contribution in [0.1, 0.15) is 30.9 Å². The molecule has 2 N–H and O–H groups in total. The molecule has 1 saturated carbocycles. The molecule has 1 heterocycles.